The number of terminal acetylenes is 1. The van der Waals surface area contributed by atoms with Crippen molar-refractivity contribution < 1.29 is 42.2 Å². The van der Waals surface area contributed by atoms with Crippen LogP contribution in [-0.2, 0) is 37.4 Å². The molecule has 1 aliphatic heterocycles. The minimum atomic E-state index is 0. The zero-order chi connectivity index (χ0) is 13.7. The topological polar surface area (TPSA) is 30.5 Å². The van der Waals surface area contributed by atoms with Crippen molar-refractivity contribution in [3.8, 4) is 18.1 Å². The van der Waals surface area contributed by atoms with Crippen molar-refractivity contribution in [1.82, 2.24) is 5.32 Å². The summed E-state index contributed by atoms with van der Waals surface area (Å²) in [6, 6.07) is 7.70. The summed E-state index contributed by atoms with van der Waals surface area (Å²) in [6.45, 7) is 4.19. The maximum atomic E-state index is 5.42. The molecule has 1 aromatic carbocycles. The van der Waals surface area contributed by atoms with Crippen molar-refractivity contribution in [3.05, 3.63) is 48.2 Å². The van der Waals surface area contributed by atoms with Crippen molar-refractivity contribution in [2.45, 2.75) is 6.42 Å². The SMILES string of the molecule is C#CC1C[C-]=C(c2ccc(OCOC)cc2)NC1=C.[Y]. The summed E-state index contributed by atoms with van der Waals surface area (Å²) < 4.78 is 10.2. The normalized spacial score (nSPS) is 17.3. The van der Waals surface area contributed by atoms with E-state index in [2.05, 4.69) is 23.9 Å². The second-order valence-corrected chi connectivity index (χ2v) is 4.20. The molecule has 1 radical (unpaired) electrons. The minimum Gasteiger partial charge on any atom is -0.468 e. The molecule has 0 saturated heterocycles. The van der Waals surface area contributed by atoms with Gasteiger partial charge in [0.25, 0.3) is 0 Å². The first-order chi connectivity index (χ1) is 9.24. The van der Waals surface area contributed by atoms with Crippen LogP contribution in [0, 0.1) is 24.3 Å². The number of benzene rings is 1. The van der Waals surface area contributed by atoms with E-state index in [1.165, 1.54) is 0 Å². The molecule has 1 atom stereocenters. The van der Waals surface area contributed by atoms with Gasteiger partial charge in [-0.25, -0.2) is 6.08 Å². The van der Waals surface area contributed by atoms with Crippen molar-refractivity contribution in [2.24, 2.45) is 5.92 Å². The van der Waals surface area contributed by atoms with Crippen LogP contribution in [0.4, 0.5) is 0 Å². The molecular formula is C16H16NO2Y-. The van der Waals surface area contributed by atoms with Gasteiger partial charge in [-0.1, -0.05) is 18.9 Å². The summed E-state index contributed by atoms with van der Waals surface area (Å²) in [5.74, 6) is 3.47. The Labute approximate surface area is 145 Å². The van der Waals surface area contributed by atoms with E-state index in [9.17, 15) is 0 Å². The molecule has 0 amide bonds. The molecule has 1 unspecified atom stereocenters. The van der Waals surface area contributed by atoms with Crippen molar-refractivity contribution >= 4 is 5.70 Å². The van der Waals surface area contributed by atoms with E-state index in [0.717, 1.165) is 22.7 Å². The van der Waals surface area contributed by atoms with Crippen LogP contribution < -0.4 is 10.1 Å². The van der Waals surface area contributed by atoms with Crippen LogP contribution in [-0.4, -0.2) is 13.9 Å². The standard InChI is InChI=1S/C16H16NO2.Y/c1-4-13-7-10-16(17-12(13)2)14-5-8-15(9-6-14)19-11-18-3;/h1,5-6,8-9,13,17H,2,7,11H2,3H3;/q-1;. The Morgan fingerprint density at radius 3 is 2.70 bits per heavy atom. The van der Waals surface area contributed by atoms with Gasteiger partial charge in [-0.2, -0.15) is 5.56 Å². The molecule has 1 N–H and O–H groups in total. The summed E-state index contributed by atoms with van der Waals surface area (Å²) >= 11 is 0. The zero-order valence-corrected chi connectivity index (χ0v) is 14.3. The monoisotopic (exact) mass is 343 g/mol. The quantitative estimate of drug-likeness (QED) is 0.518. The Morgan fingerprint density at radius 2 is 2.15 bits per heavy atom. The molecule has 0 bridgehead atoms. The second-order valence-electron chi connectivity index (χ2n) is 4.20. The summed E-state index contributed by atoms with van der Waals surface area (Å²) in [5, 5.41) is 3.20. The summed E-state index contributed by atoms with van der Waals surface area (Å²) in [5.41, 5.74) is 2.78. The number of hydrogen-bond acceptors (Lipinski definition) is 3. The predicted octanol–water partition coefficient (Wildman–Crippen LogP) is 2.57. The summed E-state index contributed by atoms with van der Waals surface area (Å²) in [6.07, 6.45) is 9.38. The molecule has 20 heavy (non-hydrogen) atoms. The van der Waals surface area contributed by atoms with E-state index in [-0.39, 0.29) is 45.4 Å². The third kappa shape index (κ3) is 4.21. The molecule has 1 aromatic rings. The van der Waals surface area contributed by atoms with E-state index >= 15 is 0 Å². The van der Waals surface area contributed by atoms with Crippen LogP contribution in [0.2, 0.25) is 0 Å². The number of ether oxygens (including phenoxy) is 2. The molecule has 101 valence electrons. The number of rotatable bonds is 4. The van der Waals surface area contributed by atoms with Gasteiger partial charge in [0.1, 0.15) is 5.75 Å². The van der Waals surface area contributed by atoms with E-state index in [4.69, 9.17) is 15.9 Å². The van der Waals surface area contributed by atoms with Crippen LogP contribution in [0.15, 0.2) is 36.5 Å². The predicted molar refractivity (Wildman–Crippen MR) is 74.8 cm³/mol. The van der Waals surface area contributed by atoms with Crippen molar-refractivity contribution in [3.63, 3.8) is 0 Å². The summed E-state index contributed by atoms with van der Waals surface area (Å²) in [4.78, 5) is 0. The van der Waals surface area contributed by atoms with Crippen molar-refractivity contribution in [2.75, 3.05) is 13.9 Å². The molecule has 3 nitrogen and oxygen atoms in total. The van der Waals surface area contributed by atoms with Crippen LogP contribution in [0.3, 0.4) is 0 Å². The van der Waals surface area contributed by atoms with Gasteiger partial charge in [-0.15, -0.1) is 24.3 Å². The molecular weight excluding hydrogens is 327 g/mol. The largest absolute Gasteiger partial charge is 0.468 e. The Hall–Kier alpha value is -1.08. The van der Waals surface area contributed by atoms with Gasteiger partial charge in [0.15, 0.2) is 6.79 Å². The first-order valence-corrected chi connectivity index (χ1v) is 5.99. The third-order valence-corrected chi connectivity index (χ3v) is 2.88. The molecule has 0 fully saturated rings. The van der Waals surface area contributed by atoms with Crippen molar-refractivity contribution in [1.29, 1.82) is 0 Å². The van der Waals surface area contributed by atoms with Crippen LogP contribution in [0.25, 0.3) is 5.70 Å². The number of methoxy groups -OCH3 is 1. The molecule has 0 spiro atoms. The zero-order valence-electron chi connectivity index (χ0n) is 11.5. The van der Waals surface area contributed by atoms with Gasteiger partial charge in [-0.3, -0.25) is 0 Å². The smallest absolute Gasteiger partial charge is 0.188 e. The van der Waals surface area contributed by atoms with Crippen LogP contribution in [0.1, 0.15) is 12.0 Å². The maximum Gasteiger partial charge on any atom is 0.188 e. The summed E-state index contributed by atoms with van der Waals surface area (Å²) in [7, 11) is 1.59. The van der Waals surface area contributed by atoms with Crippen LogP contribution in [0.5, 0.6) is 5.75 Å². The van der Waals surface area contributed by atoms with Gasteiger partial charge in [0.2, 0.25) is 0 Å². The van der Waals surface area contributed by atoms with Gasteiger partial charge in [-0.05, 0) is 12.1 Å². The molecule has 1 aliphatic rings. The fourth-order valence-corrected chi connectivity index (χ4v) is 1.80. The van der Waals surface area contributed by atoms with Gasteiger partial charge in [0, 0.05) is 51.4 Å². The van der Waals surface area contributed by atoms with E-state index < -0.39 is 0 Å². The third-order valence-electron chi connectivity index (χ3n) is 2.88. The second kappa shape index (κ2) is 8.26. The fraction of sp³-hybridized carbons (Fsp3) is 0.250. The Balaban J connectivity index is 0.00000200. The van der Waals surface area contributed by atoms with Gasteiger partial charge >= 0.3 is 0 Å². The molecule has 2 rings (SSSR count). The first-order valence-electron chi connectivity index (χ1n) is 5.99. The average molecular weight is 343 g/mol. The van der Waals surface area contributed by atoms with E-state index in [0.29, 0.717) is 6.42 Å². The fourth-order valence-electron chi connectivity index (χ4n) is 1.80. The Kier molecular flexibility index (Phi) is 7.01. The molecule has 0 saturated carbocycles. The van der Waals surface area contributed by atoms with E-state index in [1.54, 1.807) is 7.11 Å². The van der Waals surface area contributed by atoms with Crippen LogP contribution >= 0.6 is 0 Å². The van der Waals surface area contributed by atoms with Gasteiger partial charge in [0.05, 0.1) is 0 Å². The van der Waals surface area contributed by atoms with E-state index in [1.807, 2.05) is 24.3 Å². The van der Waals surface area contributed by atoms with Gasteiger partial charge < -0.3 is 14.8 Å². The molecule has 0 aliphatic carbocycles. The Bertz CT molecular complexity index is 528. The first kappa shape index (κ1) is 17.0. The number of nitrogens with one attached hydrogen (secondary N) is 1. The molecule has 1 heterocycles. The Morgan fingerprint density at radius 1 is 1.45 bits per heavy atom. The molecule has 4 heteroatoms. The molecule has 0 aromatic heterocycles. The number of allylic oxidation sites excluding steroid dienone is 2. The number of hydrogen-bond donors (Lipinski definition) is 1. The average Bonchev–Trinajstić information content (AvgIpc) is 2.45. The minimum absolute atomic E-state index is 0. The maximum absolute atomic E-state index is 5.42.